The van der Waals surface area contributed by atoms with Crippen molar-refractivity contribution in [3.05, 3.63) is 87.1 Å². The van der Waals surface area contributed by atoms with Crippen molar-refractivity contribution in [1.29, 1.82) is 0 Å². The highest BCUT2D eigenvalue weighted by molar-refractivity contribution is 9.12. The number of ether oxygens (including phenoxy) is 1. The van der Waals surface area contributed by atoms with Crippen molar-refractivity contribution in [3.63, 3.8) is 0 Å². The molecule has 2 heterocycles. The molecule has 6 rings (SSSR count). The summed E-state index contributed by atoms with van der Waals surface area (Å²) in [4.78, 5) is 67.5. The first-order valence-corrected chi connectivity index (χ1v) is 15.9. The number of carbonyl (C=O) groups excluding carboxylic acids is 5. The maximum absolute atomic E-state index is 13.8. The maximum atomic E-state index is 13.8. The number of hydrogen-bond donors (Lipinski definition) is 0. The number of ketones is 1. The largest absolute Gasteiger partial charge is 0.422 e. The lowest BCUT2D eigenvalue weighted by Crippen LogP contribution is -2.52. The molecule has 3 fully saturated rings. The van der Waals surface area contributed by atoms with Crippen LogP contribution in [0.25, 0.3) is 0 Å². The van der Waals surface area contributed by atoms with Gasteiger partial charge >= 0.3 is 5.97 Å². The fraction of sp³-hybridized carbons (Fsp3) is 0.276. The molecule has 1 aliphatic heterocycles. The first kappa shape index (κ1) is 28.3. The zero-order valence-corrected chi connectivity index (χ0v) is 25.9. The molecule has 0 radical (unpaired) electrons. The third-order valence-corrected chi connectivity index (χ3v) is 12.3. The molecule has 3 aromatic rings. The van der Waals surface area contributed by atoms with Gasteiger partial charge in [0.15, 0.2) is 5.78 Å². The second-order valence-corrected chi connectivity index (χ2v) is 13.6. The van der Waals surface area contributed by atoms with E-state index in [9.17, 15) is 24.0 Å². The Morgan fingerprint density at radius 2 is 1.56 bits per heavy atom. The maximum Gasteiger partial charge on any atom is 0.353 e. The molecule has 0 unspecified atom stereocenters. The number of nitrogens with zero attached hydrogens (tertiary/aromatic N) is 2. The Labute approximate surface area is 260 Å². The highest BCUT2D eigenvalue weighted by atomic mass is 79.9. The van der Waals surface area contributed by atoms with Gasteiger partial charge in [-0.05, 0) is 66.1 Å². The summed E-state index contributed by atoms with van der Waals surface area (Å²) >= 11 is 14.9. The lowest BCUT2D eigenvalue weighted by molar-refractivity contribution is -0.154. The summed E-state index contributed by atoms with van der Waals surface area (Å²) in [7, 11) is 0. The Morgan fingerprint density at radius 1 is 0.927 bits per heavy atom. The molecule has 8 nitrogen and oxygen atoms in total. The summed E-state index contributed by atoms with van der Waals surface area (Å²) in [5.74, 6) is -3.76. The van der Waals surface area contributed by atoms with Crippen LogP contribution in [0.4, 0.5) is 0 Å². The molecule has 3 amide bonds. The molecule has 1 saturated heterocycles. The lowest BCUT2D eigenvalue weighted by atomic mass is 9.81. The van der Waals surface area contributed by atoms with E-state index in [1.165, 1.54) is 47.7 Å². The third kappa shape index (κ3) is 4.86. The van der Waals surface area contributed by atoms with Crippen LogP contribution in [0, 0.1) is 23.7 Å². The molecule has 1 aromatic heterocycles. The molecule has 2 aromatic carbocycles. The predicted octanol–water partition coefficient (Wildman–Crippen LogP) is 5.64. The number of thiophene rings is 1. The molecule has 3 aliphatic rings. The molecular formula is C29H21Br2ClN2O6S. The fourth-order valence-corrected chi connectivity index (χ4v) is 8.76. The Hall–Kier alpha value is -2.86. The van der Waals surface area contributed by atoms with Crippen molar-refractivity contribution >= 4 is 84.3 Å². The lowest BCUT2D eigenvalue weighted by Gasteiger charge is -2.31. The second-order valence-electron chi connectivity index (χ2n) is 10.1. The van der Waals surface area contributed by atoms with Crippen LogP contribution >= 0.6 is 54.8 Å². The molecule has 2 saturated carbocycles. The fourth-order valence-electron chi connectivity index (χ4n) is 6.07. The highest BCUT2D eigenvalue weighted by Crippen LogP contribution is 2.60. The standard InChI is InChI=1S/C29H21Br2ClN2O6S/c30-24-17-12-18(25(24)31)23-22(17)27(37)34(28(23)38)33(26(36)16-4-1-2-5-19(16)32)13-20(35)14-7-9-15(10-8-14)40-29(39)21-6-3-11-41-21/h1-11,17-18,22-25H,12-13H2/t17-,18-,22-,23-,24-,25+/m1/s1. The van der Waals surface area contributed by atoms with E-state index in [0.717, 1.165) is 16.4 Å². The van der Waals surface area contributed by atoms with Gasteiger partial charge in [-0.15, -0.1) is 11.3 Å². The van der Waals surface area contributed by atoms with Gasteiger partial charge in [0.05, 0.1) is 22.4 Å². The van der Waals surface area contributed by atoms with Gasteiger partial charge in [0.2, 0.25) is 0 Å². The Morgan fingerprint density at radius 3 is 2.15 bits per heavy atom. The van der Waals surface area contributed by atoms with E-state index < -0.39 is 47.9 Å². The van der Waals surface area contributed by atoms with E-state index in [1.54, 1.807) is 29.6 Å². The van der Waals surface area contributed by atoms with Gasteiger partial charge in [0.25, 0.3) is 17.7 Å². The van der Waals surface area contributed by atoms with E-state index in [1.807, 2.05) is 0 Å². The average Bonchev–Trinajstić information content (AvgIpc) is 3.74. The minimum atomic E-state index is -0.731. The number of esters is 1. The molecule has 12 heteroatoms. The molecular weight excluding hydrogens is 700 g/mol. The minimum Gasteiger partial charge on any atom is -0.422 e. The van der Waals surface area contributed by atoms with Gasteiger partial charge in [-0.3, -0.25) is 19.2 Å². The number of hydrazine groups is 1. The SMILES string of the molecule is O=C(CN(C(=O)c1ccccc1Cl)N1C(=O)[C@@H]2[C@H]3C[C@@H]([C@@H](Br)[C@H]3Br)[C@H]2C1=O)c1ccc(OC(=O)c2cccs2)cc1. The monoisotopic (exact) mass is 718 g/mol. The number of carbonyl (C=O) groups is 5. The molecule has 0 N–H and O–H groups in total. The number of imide groups is 1. The second kappa shape index (κ2) is 11.1. The summed E-state index contributed by atoms with van der Waals surface area (Å²) in [5.41, 5.74) is 0.272. The first-order valence-electron chi connectivity index (χ1n) is 12.8. The van der Waals surface area contributed by atoms with E-state index in [4.69, 9.17) is 16.3 Å². The molecule has 2 aliphatic carbocycles. The van der Waals surface area contributed by atoms with Crippen molar-refractivity contribution in [2.45, 2.75) is 16.1 Å². The average molecular weight is 721 g/mol. The van der Waals surface area contributed by atoms with Crippen LogP contribution in [0.1, 0.15) is 36.8 Å². The summed E-state index contributed by atoms with van der Waals surface area (Å²) in [6.45, 7) is -0.569. The predicted molar refractivity (Wildman–Crippen MR) is 158 cm³/mol. The van der Waals surface area contributed by atoms with Gasteiger partial charge in [-0.1, -0.05) is 61.7 Å². The molecule has 2 bridgehead atoms. The molecule has 6 atom stereocenters. The van der Waals surface area contributed by atoms with Crippen LogP contribution in [-0.4, -0.2) is 55.7 Å². The molecule has 0 spiro atoms. The normalized spacial score (nSPS) is 26.3. The summed E-state index contributed by atoms with van der Waals surface area (Å²) in [5, 5.41) is 3.67. The Kier molecular flexibility index (Phi) is 7.65. The van der Waals surface area contributed by atoms with Crippen LogP contribution < -0.4 is 4.74 Å². The van der Waals surface area contributed by atoms with E-state index in [2.05, 4.69) is 31.9 Å². The quantitative estimate of drug-likeness (QED) is 0.103. The van der Waals surface area contributed by atoms with Crippen molar-refractivity contribution in [3.8, 4) is 5.75 Å². The topological polar surface area (TPSA) is 101 Å². The number of fused-ring (bicyclic) bond motifs is 5. The zero-order valence-electron chi connectivity index (χ0n) is 21.1. The van der Waals surface area contributed by atoms with Crippen molar-refractivity contribution in [1.82, 2.24) is 10.0 Å². The van der Waals surface area contributed by atoms with Gasteiger partial charge in [0, 0.05) is 15.2 Å². The van der Waals surface area contributed by atoms with E-state index in [0.29, 0.717) is 4.88 Å². The smallest absolute Gasteiger partial charge is 0.353 e. The Bertz CT molecular complexity index is 1530. The number of Topliss-reactive ketones (excluding diaryl/α,β-unsaturated/α-hetero) is 1. The van der Waals surface area contributed by atoms with Gasteiger partial charge in [-0.25, -0.2) is 9.80 Å². The summed E-state index contributed by atoms with van der Waals surface area (Å²) in [6.07, 6.45) is 0.729. The Balaban J connectivity index is 1.27. The van der Waals surface area contributed by atoms with Crippen molar-refractivity contribution in [2.75, 3.05) is 6.54 Å². The van der Waals surface area contributed by atoms with Crippen LogP contribution in [0.15, 0.2) is 66.0 Å². The van der Waals surface area contributed by atoms with E-state index in [-0.39, 0.29) is 43.4 Å². The van der Waals surface area contributed by atoms with Crippen LogP contribution in [0.3, 0.4) is 0 Å². The van der Waals surface area contributed by atoms with Gasteiger partial charge in [-0.2, -0.15) is 5.01 Å². The van der Waals surface area contributed by atoms with E-state index >= 15 is 0 Å². The first-order chi connectivity index (χ1) is 19.7. The molecule has 210 valence electrons. The zero-order chi connectivity index (χ0) is 29.0. The van der Waals surface area contributed by atoms with Crippen molar-refractivity contribution < 1.29 is 28.7 Å². The van der Waals surface area contributed by atoms with Gasteiger partial charge < -0.3 is 4.74 Å². The van der Waals surface area contributed by atoms with Crippen LogP contribution in [0.5, 0.6) is 5.75 Å². The third-order valence-electron chi connectivity index (χ3n) is 7.95. The number of benzene rings is 2. The number of hydrogen-bond acceptors (Lipinski definition) is 7. The minimum absolute atomic E-state index is 0.0206. The number of amides is 3. The van der Waals surface area contributed by atoms with Crippen LogP contribution in [0.2, 0.25) is 5.02 Å². The van der Waals surface area contributed by atoms with Crippen LogP contribution in [-0.2, 0) is 9.59 Å². The summed E-state index contributed by atoms with van der Waals surface area (Å²) in [6, 6.07) is 15.5. The number of alkyl halides is 2. The van der Waals surface area contributed by atoms with Crippen molar-refractivity contribution in [2.24, 2.45) is 23.7 Å². The highest BCUT2D eigenvalue weighted by Gasteiger charge is 2.67. The number of halogens is 3. The molecule has 41 heavy (non-hydrogen) atoms. The van der Waals surface area contributed by atoms with Gasteiger partial charge in [0.1, 0.15) is 17.2 Å². The summed E-state index contributed by atoms with van der Waals surface area (Å²) < 4.78 is 5.35. The number of rotatable bonds is 7.